The quantitative estimate of drug-likeness (QED) is 0.376. The van der Waals surface area contributed by atoms with Crippen LogP contribution in [-0.4, -0.2) is 27.3 Å². The van der Waals surface area contributed by atoms with Crippen LogP contribution in [0.5, 0.6) is 5.75 Å². The normalized spacial score (nSPS) is 11.1. The number of carbonyl (C=O) groups is 1. The maximum absolute atomic E-state index is 12.9. The van der Waals surface area contributed by atoms with Crippen molar-refractivity contribution in [3.8, 4) is 17.0 Å². The fourth-order valence-electron chi connectivity index (χ4n) is 3.98. The minimum atomic E-state index is -0.137. The van der Waals surface area contributed by atoms with E-state index in [0.717, 1.165) is 50.1 Å². The number of hydrogen-bond donors (Lipinski definition) is 1. The van der Waals surface area contributed by atoms with E-state index in [1.807, 2.05) is 92.8 Å². The molecule has 0 bridgehead atoms. The zero-order valence-corrected chi connectivity index (χ0v) is 18.6. The summed E-state index contributed by atoms with van der Waals surface area (Å²) < 4.78 is 7.35. The van der Waals surface area contributed by atoms with Gasteiger partial charge in [0.05, 0.1) is 17.6 Å². The molecule has 1 N–H and O–H groups in total. The number of amides is 1. The fraction of sp³-hybridized carbons (Fsp3) is 0.148. The molecular weight excluding hydrogens is 412 g/mol. The summed E-state index contributed by atoms with van der Waals surface area (Å²) in [7, 11) is 0. The highest BCUT2D eigenvalue weighted by Crippen LogP contribution is 2.32. The summed E-state index contributed by atoms with van der Waals surface area (Å²) >= 11 is 0. The maximum Gasteiger partial charge on any atom is 0.246 e. The topological polar surface area (TPSA) is 69.0 Å². The molecule has 0 unspecified atom stereocenters. The first-order chi connectivity index (χ1) is 16.1. The number of rotatable bonds is 6. The smallest absolute Gasteiger partial charge is 0.246 e. The van der Waals surface area contributed by atoms with Gasteiger partial charge in [0.15, 0.2) is 0 Å². The van der Waals surface area contributed by atoms with Gasteiger partial charge in [0.25, 0.3) is 0 Å². The van der Waals surface area contributed by atoms with Crippen molar-refractivity contribution < 1.29 is 9.53 Å². The van der Waals surface area contributed by atoms with Crippen LogP contribution < -0.4 is 10.1 Å². The molecule has 0 saturated heterocycles. The second-order valence-corrected chi connectivity index (χ2v) is 7.92. The van der Waals surface area contributed by atoms with Crippen LogP contribution in [0.4, 0.5) is 5.69 Å². The number of anilines is 1. The van der Waals surface area contributed by atoms with Gasteiger partial charge in [-0.1, -0.05) is 35.9 Å². The summed E-state index contributed by atoms with van der Waals surface area (Å²) in [6.45, 7) is 4.68. The van der Waals surface area contributed by atoms with E-state index in [0.29, 0.717) is 6.61 Å². The Balaban J connectivity index is 1.57. The molecule has 0 aliphatic heterocycles. The van der Waals surface area contributed by atoms with Crippen LogP contribution in [0.2, 0.25) is 0 Å². The van der Waals surface area contributed by atoms with Crippen LogP contribution in [0.25, 0.3) is 33.1 Å². The molecule has 3 aromatic carbocycles. The Morgan fingerprint density at radius 3 is 2.48 bits per heavy atom. The monoisotopic (exact) mass is 436 g/mol. The number of nitrogens with one attached hydrogen (secondary N) is 1. The lowest BCUT2D eigenvalue weighted by Gasteiger charge is -2.08. The lowest BCUT2D eigenvalue weighted by Crippen LogP contribution is -2.19. The highest BCUT2D eigenvalue weighted by atomic mass is 16.5. The third kappa shape index (κ3) is 4.15. The Morgan fingerprint density at radius 2 is 1.73 bits per heavy atom. The van der Waals surface area contributed by atoms with E-state index >= 15 is 0 Å². The molecule has 0 aliphatic rings. The van der Waals surface area contributed by atoms with Crippen molar-refractivity contribution in [1.29, 1.82) is 0 Å². The van der Waals surface area contributed by atoms with E-state index in [4.69, 9.17) is 9.84 Å². The van der Waals surface area contributed by atoms with Crippen LogP contribution >= 0.6 is 0 Å². The van der Waals surface area contributed by atoms with Gasteiger partial charge in [-0.2, -0.15) is 5.10 Å². The highest BCUT2D eigenvalue weighted by Gasteiger charge is 2.18. The summed E-state index contributed by atoms with van der Waals surface area (Å²) in [5.41, 5.74) is 5.39. The van der Waals surface area contributed by atoms with Crippen molar-refractivity contribution in [2.45, 2.75) is 20.4 Å². The number of carbonyl (C=O) groups excluding carboxylic acids is 1. The average Bonchev–Trinajstić information content (AvgIpc) is 3.20. The van der Waals surface area contributed by atoms with Crippen LogP contribution in [0.15, 0.2) is 79.0 Å². The molecule has 0 spiro atoms. The van der Waals surface area contributed by atoms with Gasteiger partial charge in [0, 0.05) is 28.2 Å². The number of ether oxygens (including phenoxy) is 1. The summed E-state index contributed by atoms with van der Waals surface area (Å²) in [6, 6.07) is 23.5. The van der Waals surface area contributed by atoms with E-state index in [2.05, 4.69) is 10.3 Å². The first-order valence-corrected chi connectivity index (χ1v) is 11.0. The number of fused-ring (bicyclic) bond motifs is 3. The number of benzene rings is 3. The molecule has 2 heterocycles. The first-order valence-electron chi connectivity index (χ1n) is 11.0. The predicted octanol–water partition coefficient (Wildman–Crippen LogP) is 5.60. The molecule has 164 valence electrons. The summed E-state index contributed by atoms with van der Waals surface area (Å²) in [4.78, 5) is 17.5. The molecule has 0 atom stereocenters. The van der Waals surface area contributed by atoms with Gasteiger partial charge < -0.3 is 10.1 Å². The third-order valence-corrected chi connectivity index (χ3v) is 5.55. The molecule has 5 aromatic rings. The Kier molecular flexibility index (Phi) is 5.48. The molecule has 6 nitrogen and oxygen atoms in total. The van der Waals surface area contributed by atoms with E-state index in [-0.39, 0.29) is 12.5 Å². The van der Waals surface area contributed by atoms with Crippen LogP contribution in [0.1, 0.15) is 12.5 Å². The minimum absolute atomic E-state index is 0.0927. The van der Waals surface area contributed by atoms with Crippen molar-refractivity contribution in [2.24, 2.45) is 0 Å². The molecule has 2 aromatic heterocycles. The molecule has 0 radical (unpaired) electrons. The predicted molar refractivity (Wildman–Crippen MR) is 131 cm³/mol. The second-order valence-electron chi connectivity index (χ2n) is 7.92. The van der Waals surface area contributed by atoms with E-state index in [1.165, 1.54) is 0 Å². The lowest BCUT2D eigenvalue weighted by atomic mass is 10.1. The number of hydrogen-bond acceptors (Lipinski definition) is 4. The molecular formula is C27H24N4O2. The van der Waals surface area contributed by atoms with Crippen molar-refractivity contribution in [2.75, 3.05) is 11.9 Å². The Hall–Kier alpha value is -4.19. The van der Waals surface area contributed by atoms with Gasteiger partial charge in [-0.3, -0.25) is 14.5 Å². The SMILES string of the molecule is CCOc1ccc(-c2nn(CC(=O)Nc3ccc(C)cc3)c3c2cnc2ccccc23)cc1. The van der Waals surface area contributed by atoms with Crippen LogP contribution in [0.3, 0.4) is 0 Å². The average molecular weight is 437 g/mol. The van der Waals surface area contributed by atoms with E-state index in [1.54, 1.807) is 4.68 Å². The summed E-state index contributed by atoms with van der Waals surface area (Å²) in [5, 5.41) is 9.69. The maximum atomic E-state index is 12.9. The third-order valence-electron chi connectivity index (χ3n) is 5.55. The van der Waals surface area contributed by atoms with Gasteiger partial charge in [0.2, 0.25) is 5.91 Å². The van der Waals surface area contributed by atoms with Gasteiger partial charge in [-0.05, 0) is 56.3 Å². The number of para-hydroxylation sites is 1. The molecule has 33 heavy (non-hydrogen) atoms. The molecule has 0 fully saturated rings. The van der Waals surface area contributed by atoms with Crippen molar-refractivity contribution in [3.63, 3.8) is 0 Å². The van der Waals surface area contributed by atoms with Gasteiger partial charge in [0.1, 0.15) is 18.0 Å². The van der Waals surface area contributed by atoms with Crippen LogP contribution in [0, 0.1) is 6.92 Å². The van der Waals surface area contributed by atoms with Crippen molar-refractivity contribution in [3.05, 3.63) is 84.6 Å². The summed E-state index contributed by atoms with van der Waals surface area (Å²) in [6.07, 6.45) is 1.84. The first kappa shape index (κ1) is 20.7. The largest absolute Gasteiger partial charge is 0.494 e. The fourth-order valence-corrected chi connectivity index (χ4v) is 3.98. The van der Waals surface area contributed by atoms with E-state index < -0.39 is 0 Å². The number of nitrogens with zero attached hydrogens (tertiary/aromatic N) is 3. The lowest BCUT2D eigenvalue weighted by molar-refractivity contribution is -0.116. The number of pyridine rings is 1. The number of aromatic nitrogens is 3. The summed E-state index contributed by atoms with van der Waals surface area (Å²) in [5.74, 6) is 0.674. The Morgan fingerprint density at radius 1 is 0.970 bits per heavy atom. The minimum Gasteiger partial charge on any atom is -0.494 e. The Labute approximate surface area is 191 Å². The zero-order chi connectivity index (χ0) is 22.8. The standard InChI is InChI=1S/C27H24N4O2/c1-3-33-21-14-10-19(11-15-21)26-23-16-28-24-7-5-4-6-22(24)27(23)31(30-26)17-25(32)29-20-12-8-18(2)9-13-20/h4-16H,3,17H2,1-2H3,(H,29,32). The van der Waals surface area contributed by atoms with Gasteiger partial charge in [-0.25, -0.2) is 0 Å². The molecule has 0 aliphatic carbocycles. The zero-order valence-electron chi connectivity index (χ0n) is 18.6. The molecule has 1 amide bonds. The number of aryl methyl sites for hydroxylation is 1. The molecule has 5 rings (SSSR count). The highest BCUT2D eigenvalue weighted by molar-refractivity contribution is 6.08. The molecule has 6 heteroatoms. The van der Waals surface area contributed by atoms with Gasteiger partial charge in [-0.15, -0.1) is 0 Å². The van der Waals surface area contributed by atoms with Crippen molar-refractivity contribution in [1.82, 2.24) is 14.8 Å². The van der Waals surface area contributed by atoms with E-state index in [9.17, 15) is 4.79 Å². The molecule has 0 saturated carbocycles. The Bertz CT molecular complexity index is 1440. The van der Waals surface area contributed by atoms with Crippen molar-refractivity contribution >= 4 is 33.4 Å². The van der Waals surface area contributed by atoms with Crippen LogP contribution in [-0.2, 0) is 11.3 Å². The second kappa shape index (κ2) is 8.74. The van der Waals surface area contributed by atoms with Gasteiger partial charge >= 0.3 is 0 Å².